The fourth-order valence-electron chi connectivity index (χ4n) is 4.15. The molecule has 4 rings (SSSR count). The van der Waals surface area contributed by atoms with Gasteiger partial charge in [0, 0.05) is 34.9 Å². The van der Waals surface area contributed by atoms with E-state index in [1.807, 2.05) is 24.3 Å². The molecular weight excluding hydrogens is 472 g/mol. The van der Waals surface area contributed by atoms with Gasteiger partial charge in [0.1, 0.15) is 5.03 Å². The number of benzene rings is 1. The number of carbonyl (C=O) groups is 1. The highest BCUT2D eigenvalue weighted by Crippen LogP contribution is 2.28. The number of piperidine rings is 1. The lowest BCUT2D eigenvalue weighted by Gasteiger charge is -2.31. The molecule has 5 nitrogen and oxygen atoms in total. The van der Waals surface area contributed by atoms with Crippen molar-refractivity contribution in [2.45, 2.75) is 54.9 Å². The quantitative estimate of drug-likeness (QED) is 0.500. The first kappa shape index (κ1) is 22.3. The highest BCUT2D eigenvalue weighted by molar-refractivity contribution is 9.10. The summed E-state index contributed by atoms with van der Waals surface area (Å²) < 4.78 is 1.07. The summed E-state index contributed by atoms with van der Waals surface area (Å²) in [5, 5.41) is 12.9. The fourth-order valence-corrected chi connectivity index (χ4v) is 5.15. The smallest absolute Gasteiger partial charge is 0.223 e. The zero-order valence-electron chi connectivity index (χ0n) is 17.7. The van der Waals surface area contributed by atoms with Gasteiger partial charge in [0.05, 0.1) is 0 Å². The van der Waals surface area contributed by atoms with Gasteiger partial charge in [-0.15, -0.1) is 10.2 Å². The van der Waals surface area contributed by atoms with E-state index in [0.29, 0.717) is 0 Å². The first-order chi connectivity index (χ1) is 15.2. The summed E-state index contributed by atoms with van der Waals surface area (Å²) in [6.45, 7) is 2.46. The molecule has 31 heavy (non-hydrogen) atoms. The molecule has 1 aromatic carbocycles. The van der Waals surface area contributed by atoms with Crippen molar-refractivity contribution in [2.75, 3.05) is 24.5 Å². The molecule has 0 bridgehead atoms. The van der Waals surface area contributed by atoms with E-state index in [9.17, 15) is 4.79 Å². The molecule has 1 aliphatic carbocycles. The molecule has 1 saturated heterocycles. The van der Waals surface area contributed by atoms with Crippen LogP contribution in [0.1, 0.15) is 44.9 Å². The number of allylic oxidation sites excluding steroid dienone is 1. The molecule has 1 aromatic heterocycles. The van der Waals surface area contributed by atoms with Gasteiger partial charge in [-0.1, -0.05) is 39.3 Å². The maximum Gasteiger partial charge on any atom is 0.223 e. The predicted octanol–water partition coefficient (Wildman–Crippen LogP) is 5.61. The van der Waals surface area contributed by atoms with Crippen molar-refractivity contribution in [3.8, 4) is 0 Å². The second-order valence-corrected chi connectivity index (χ2v) is 10.2. The van der Waals surface area contributed by atoms with E-state index in [4.69, 9.17) is 0 Å². The predicted molar refractivity (Wildman–Crippen MR) is 129 cm³/mol. The Morgan fingerprint density at radius 2 is 1.90 bits per heavy atom. The molecule has 1 N–H and O–H groups in total. The lowest BCUT2D eigenvalue weighted by atomic mass is 9.95. The number of rotatable bonds is 7. The monoisotopic (exact) mass is 500 g/mol. The molecule has 2 aromatic rings. The number of hydrogen-bond donors (Lipinski definition) is 1. The molecule has 1 aliphatic heterocycles. The van der Waals surface area contributed by atoms with Crippen LogP contribution >= 0.6 is 27.7 Å². The Bertz CT molecular complexity index is 893. The molecule has 7 heteroatoms. The zero-order chi connectivity index (χ0) is 21.5. The van der Waals surface area contributed by atoms with E-state index in [2.05, 4.69) is 54.6 Å². The minimum Gasteiger partial charge on any atom is -0.356 e. The topological polar surface area (TPSA) is 58.1 Å². The van der Waals surface area contributed by atoms with Gasteiger partial charge in [-0.05, 0) is 81.3 Å². The molecule has 0 saturated carbocycles. The molecule has 1 fully saturated rings. The van der Waals surface area contributed by atoms with E-state index in [1.54, 1.807) is 11.8 Å². The third-order valence-corrected chi connectivity index (χ3v) is 7.45. The summed E-state index contributed by atoms with van der Waals surface area (Å²) in [6.07, 6.45) is 10.1. The van der Waals surface area contributed by atoms with Crippen molar-refractivity contribution >= 4 is 39.4 Å². The van der Waals surface area contributed by atoms with E-state index in [-0.39, 0.29) is 11.8 Å². The molecule has 0 spiro atoms. The summed E-state index contributed by atoms with van der Waals surface area (Å²) >= 11 is 5.06. The third kappa shape index (κ3) is 6.56. The summed E-state index contributed by atoms with van der Waals surface area (Å²) in [5.41, 5.74) is 1.52. The number of aromatic nitrogens is 2. The van der Waals surface area contributed by atoms with Crippen molar-refractivity contribution < 1.29 is 4.79 Å². The van der Waals surface area contributed by atoms with Gasteiger partial charge in [-0.25, -0.2) is 0 Å². The van der Waals surface area contributed by atoms with Crippen LogP contribution in [0.2, 0.25) is 0 Å². The van der Waals surface area contributed by atoms with Gasteiger partial charge in [0.2, 0.25) is 5.91 Å². The van der Waals surface area contributed by atoms with Crippen molar-refractivity contribution in [1.82, 2.24) is 15.5 Å². The van der Waals surface area contributed by atoms with Crippen LogP contribution < -0.4 is 10.2 Å². The highest BCUT2D eigenvalue weighted by atomic mass is 79.9. The van der Waals surface area contributed by atoms with Crippen LogP contribution in [0.3, 0.4) is 0 Å². The highest BCUT2D eigenvalue weighted by Gasteiger charge is 2.25. The summed E-state index contributed by atoms with van der Waals surface area (Å²) in [4.78, 5) is 15.9. The lowest BCUT2D eigenvalue weighted by molar-refractivity contribution is -0.125. The average molecular weight is 501 g/mol. The second-order valence-electron chi connectivity index (χ2n) is 8.20. The van der Waals surface area contributed by atoms with Crippen LogP contribution in [0.15, 0.2) is 62.4 Å². The first-order valence-corrected chi connectivity index (χ1v) is 12.8. The van der Waals surface area contributed by atoms with E-state index >= 15 is 0 Å². The summed E-state index contributed by atoms with van der Waals surface area (Å²) in [6, 6.07) is 12.2. The number of anilines is 1. The van der Waals surface area contributed by atoms with Crippen LogP contribution in [-0.2, 0) is 4.79 Å². The van der Waals surface area contributed by atoms with Gasteiger partial charge in [-0.3, -0.25) is 4.79 Å². The van der Waals surface area contributed by atoms with Crippen LogP contribution in [0.5, 0.6) is 0 Å². The molecule has 0 radical (unpaired) electrons. The normalized spacial score (nSPS) is 17.3. The van der Waals surface area contributed by atoms with Gasteiger partial charge in [0.15, 0.2) is 5.82 Å². The SMILES string of the molecule is O=C(NCCC1=CCCCC1)C1CCN(c2ccc(Sc3ccc(Br)cc3)nn2)CC1. The molecular formula is C24H29BrN4OS. The van der Waals surface area contributed by atoms with Crippen molar-refractivity contribution in [1.29, 1.82) is 0 Å². The molecule has 1 amide bonds. The van der Waals surface area contributed by atoms with E-state index in [1.165, 1.54) is 31.3 Å². The number of amides is 1. The minimum atomic E-state index is 0.108. The number of nitrogens with zero attached hydrogens (tertiary/aromatic N) is 3. The Morgan fingerprint density at radius 3 is 2.58 bits per heavy atom. The Labute approximate surface area is 197 Å². The summed E-state index contributed by atoms with van der Waals surface area (Å²) in [5.74, 6) is 1.21. The number of nitrogens with one attached hydrogen (secondary N) is 1. The molecule has 2 aliphatic rings. The van der Waals surface area contributed by atoms with Crippen LogP contribution in [0, 0.1) is 5.92 Å². The van der Waals surface area contributed by atoms with E-state index < -0.39 is 0 Å². The first-order valence-electron chi connectivity index (χ1n) is 11.1. The van der Waals surface area contributed by atoms with Crippen LogP contribution in [-0.4, -0.2) is 35.7 Å². The average Bonchev–Trinajstić information content (AvgIpc) is 2.82. The minimum absolute atomic E-state index is 0.108. The van der Waals surface area contributed by atoms with Crippen molar-refractivity contribution in [3.63, 3.8) is 0 Å². The van der Waals surface area contributed by atoms with Gasteiger partial charge < -0.3 is 10.2 Å². The molecule has 2 heterocycles. The third-order valence-electron chi connectivity index (χ3n) is 5.98. The van der Waals surface area contributed by atoms with Crippen LogP contribution in [0.25, 0.3) is 0 Å². The molecule has 0 atom stereocenters. The largest absolute Gasteiger partial charge is 0.356 e. The van der Waals surface area contributed by atoms with Gasteiger partial charge in [0.25, 0.3) is 0 Å². The van der Waals surface area contributed by atoms with E-state index in [0.717, 1.165) is 59.1 Å². The summed E-state index contributed by atoms with van der Waals surface area (Å²) in [7, 11) is 0. The van der Waals surface area contributed by atoms with Crippen molar-refractivity contribution in [3.05, 3.63) is 52.5 Å². The molecule has 164 valence electrons. The van der Waals surface area contributed by atoms with Gasteiger partial charge >= 0.3 is 0 Å². The Hall–Kier alpha value is -1.86. The Kier molecular flexibility index (Phi) is 8.03. The van der Waals surface area contributed by atoms with Crippen molar-refractivity contribution in [2.24, 2.45) is 5.92 Å². The fraction of sp³-hybridized carbons (Fsp3) is 0.458. The maximum absolute atomic E-state index is 12.5. The standard InChI is InChI=1S/C24H29BrN4OS/c25-20-6-8-21(9-7-20)31-23-11-10-22(27-28-23)29-16-13-19(14-17-29)24(30)26-15-12-18-4-2-1-3-5-18/h4,6-11,19H,1-3,5,12-17H2,(H,26,30). The zero-order valence-corrected chi connectivity index (χ0v) is 20.1. The number of halogens is 1. The molecule has 0 unspecified atom stereocenters. The van der Waals surface area contributed by atoms with Crippen LogP contribution in [0.4, 0.5) is 5.82 Å². The number of hydrogen-bond acceptors (Lipinski definition) is 5. The Morgan fingerprint density at radius 1 is 1.10 bits per heavy atom. The maximum atomic E-state index is 12.5. The van der Waals surface area contributed by atoms with Gasteiger partial charge in [-0.2, -0.15) is 0 Å². The second kappa shape index (κ2) is 11.1. The Balaban J connectivity index is 1.21. The lowest BCUT2D eigenvalue weighted by Crippen LogP contribution is -2.41. The number of carbonyl (C=O) groups excluding carboxylic acids is 1.